The molecule has 2 N–H and O–H groups in total. The van der Waals surface area contributed by atoms with Crippen LogP contribution in [0.4, 0.5) is 14.5 Å². The summed E-state index contributed by atoms with van der Waals surface area (Å²) in [6.45, 7) is 5.76. The zero-order valence-electron chi connectivity index (χ0n) is 15.5. The van der Waals surface area contributed by atoms with E-state index in [1.807, 2.05) is 18.7 Å². The predicted molar refractivity (Wildman–Crippen MR) is 96.0 cm³/mol. The number of rotatable bonds is 2. The predicted octanol–water partition coefficient (Wildman–Crippen LogP) is 1.27. The summed E-state index contributed by atoms with van der Waals surface area (Å²) in [5, 5.41) is 5.61. The number of piperidine rings is 1. The Bertz CT molecular complexity index is 790. The molecule has 3 heterocycles. The minimum Gasteiger partial charge on any atom is -0.361 e. The number of hydrogen-bond donors (Lipinski definition) is 2. The normalized spacial score (nSPS) is 29.0. The smallest absolute Gasteiger partial charge is 0.243 e. The SMILES string of the molecule is CC1CNCC(C)N1c1cc(F)c2c(c1F)CN(C1CCC(=O)NC1=O)C2. The third-order valence-electron chi connectivity index (χ3n) is 5.89. The van der Waals surface area contributed by atoms with Gasteiger partial charge >= 0.3 is 0 Å². The highest BCUT2D eigenvalue weighted by atomic mass is 19.1. The first-order valence-electron chi connectivity index (χ1n) is 9.43. The minimum atomic E-state index is -0.533. The van der Waals surface area contributed by atoms with Gasteiger partial charge in [0.05, 0.1) is 11.7 Å². The van der Waals surface area contributed by atoms with Crippen LogP contribution in [0.15, 0.2) is 6.07 Å². The maximum Gasteiger partial charge on any atom is 0.243 e. The molecule has 8 heteroatoms. The lowest BCUT2D eigenvalue weighted by Gasteiger charge is -2.41. The molecule has 3 aliphatic rings. The number of halogens is 2. The maximum atomic E-state index is 15.4. The van der Waals surface area contributed by atoms with Gasteiger partial charge in [0.15, 0.2) is 5.82 Å². The Morgan fingerprint density at radius 2 is 1.74 bits per heavy atom. The lowest BCUT2D eigenvalue weighted by molar-refractivity contribution is -0.137. The van der Waals surface area contributed by atoms with Crippen molar-refractivity contribution in [2.24, 2.45) is 0 Å². The van der Waals surface area contributed by atoms with Crippen LogP contribution in [0.1, 0.15) is 37.8 Å². The van der Waals surface area contributed by atoms with Gasteiger partial charge in [-0.25, -0.2) is 8.78 Å². The maximum absolute atomic E-state index is 15.4. The number of imide groups is 1. The van der Waals surface area contributed by atoms with Crippen molar-refractivity contribution in [3.05, 3.63) is 28.8 Å². The third kappa shape index (κ3) is 3.10. The van der Waals surface area contributed by atoms with Crippen LogP contribution in [-0.2, 0) is 22.7 Å². The summed E-state index contributed by atoms with van der Waals surface area (Å²) in [6, 6.07) is 0.858. The van der Waals surface area contributed by atoms with Gasteiger partial charge in [-0.3, -0.25) is 19.8 Å². The summed E-state index contributed by atoms with van der Waals surface area (Å²) in [5.74, 6) is -1.52. The number of carbonyl (C=O) groups is 2. The molecular weight excluding hydrogens is 354 g/mol. The van der Waals surface area contributed by atoms with Crippen LogP contribution in [0.2, 0.25) is 0 Å². The first kappa shape index (κ1) is 18.3. The van der Waals surface area contributed by atoms with Crippen LogP contribution in [0.3, 0.4) is 0 Å². The Morgan fingerprint density at radius 1 is 1.07 bits per heavy atom. The van der Waals surface area contributed by atoms with Gasteiger partial charge in [-0.2, -0.15) is 0 Å². The second-order valence-electron chi connectivity index (χ2n) is 7.78. The van der Waals surface area contributed by atoms with E-state index in [1.54, 1.807) is 4.90 Å². The number of piperazine rings is 1. The molecule has 0 aromatic heterocycles. The lowest BCUT2D eigenvalue weighted by atomic mass is 10.0. The molecule has 27 heavy (non-hydrogen) atoms. The molecule has 6 nitrogen and oxygen atoms in total. The Labute approximate surface area is 156 Å². The number of hydrogen-bond acceptors (Lipinski definition) is 5. The average Bonchev–Trinajstić information content (AvgIpc) is 3.05. The topological polar surface area (TPSA) is 64.7 Å². The van der Waals surface area contributed by atoms with Gasteiger partial charge in [-0.15, -0.1) is 0 Å². The van der Waals surface area contributed by atoms with E-state index >= 15 is 4.39 Å². The van der Waals surface area contributed by atoms with Crippen molar-refractivity contribution in [2.75, 3.05) is 18.0 Å². The standard InChI is InChI=1S/C19H24F2N4O2/c1-10-6-22-7-11(2)25(10)16-5-14(20)12-8-24(9-13(12)18(16)21)15-3-4-17(26)23-19(15)27/h5,10-11,15,22H,3-4,6-9H2,1-2H3,(H,23,26,27). The van der Waals surface area contributed by atoms with Crippen LogP contribution < -0.4 is 15.5 Å². The molecule has 4 rings (SSSR count). The molecule has 1 aromatic rings. The summed E-state index contributed by atoms with van der Waals surface area (Å²) < 4.78 is 30.2. The average molecular weight is 378 g/mol. The quantitative estimate of drug-likeness (QED) is 0.759. The van der Waals surface area contributed by atoms with E-state index < -0.39 is 17.7 Å². The molecule has 2 fully saturated rings. The van der Waals surface area contributed by atoms with Crippen molar-refractivity contribution in [3.8, 4) is 0 Å². The fourth-order valence-corrected chi connectivity index (χ4v) is 4.55. The van der Waals surface area contributed by atoms with Gasteiger partial charge in [-0.1, -0.05) is 0 Å². The minimum absolute atomic E-state index is 0.0494. The third-order valence-corrected chi connectivity index (χ3v) is 5.89. The molecule has 1 aromatic carbocycles. The number of fused-ring (bicyclic) bond motifs is 1. The molecule has 146 valence electrons. The van der Waals surface area contributed by atoms with Crippen molar-refractivity contribution in [1.82, 2.24) is 15.5 Å². The van der Waals surface area contributed by atoms with Crippen LogP contribution in [0.25, 0.3) is 0 Å². The fourth-order valence-electron chi connectivity index (χ4n) is 4.55. The van der Waals surface area contributed by atoms with E-state index in [4.69, 9.17) is 0 Å². The largest absolute Gasteiger partial charge is 0.361 e. The first-order valence-corrected chi connectivity index (χ1v) is 9.43. The Kier molecular flexibility index (Phi) is 4.63. The summed E-state index contributed by atoms with van der Waals surface area (Å²) >= 11 is 0. The van der Waals surface area contributed by atoms with Crippen molar-refractivity contribution in [1.29, 1.82) is 0 Å². The Hall–Kier alpha value is -2.06. The van der Waals surface area contributed by atoms with Crippen molar-refractivity contribution in [2.45, 2.75) is 57.9 Å². The van der Waals surface area contributed by atoms with Gasteiger partial charge < -0.3 is 10.2 Å². The molecule has 2 amide bonds. The number of carbonyl (C=O) groups excluding carboxylic acids is 2. The number of benzene rings is 1. The van der Waals surface area contributed by atoms with Crippen molar-refractivity contribution in [3.63, 3.8) is 0 Å². The molecule has 2 saturated heterocycles. The number of anilines is 1. The summed E-state index contributed by atoms with van der Waals surface area (Å²) in [4.78, 5) is 27.2. The first-order chi connectivity index (χ1) is 12.9. The van der Waals surface area contributed by atoms with Crippen molar-refractivity contribution >= 4 is 17.5 Å². The van der Waals surface area contributed by atoms with Gasteiger partial charge in [0.25, 0.3) is 0 Å². The highest BCUT2D eigenvalue weighted by Crippen LogP contribution is 2.37. The van der Waals surface area contributed by atoms with E-state index in [0.717, 1.165) is 0 Å². The molecule has 0 aliphatic carbocycles. The van der Waals surface area contributed by atoms with Crippen LogP contribution in [0, 0.1) is 11.6 Å². The van der Waals surface area contributed by atoms with E-state index in [-0.39, 0.29) is 49.1 Å². The van der Waals surface area contributed by atoms with E-state index in [9.17, 15) is 14.0 Å². The van der Waals surface area contributed by atoms with Gasteiger partial charge in [-0.05, 0) is 20.3 Å². The number of nitrogens with one attached hydrogen (secondary N) is 2. The molecule has 0 saturated carbocycles. The summed E-state index contributed by atoms with van der Waals surface area (Å²) in [5.41, 5.74) is 0.932. The zero-order valence-corrected chi connectivity index (χ0v) is 15.5. The van der Waals surface area contributed by atoms with E-state index in [1.165, 1.54) is 6.07 Å². The number of amides is 2. The second kappa shape index (κ2) is 6.83. The van der Waals surface area contributed by atoms with Gasteiger partial charge in [0, 0.05) is 61.9 Å². The van der Waals surface area contributed by atoms with Gasteiger partial charge in [0.2, 0.25) is 11.8 Å². The van der Waals surface area contributed by atoms with E-state index in [0.29, 0.717) is 30.6 Å². The highest BCUT2D eigenvalue weighted by molar-refractivity contribution is 6.00. The highest BCUT2D eigenvalue weighted by Gasteiger charge is 2.38. The Morgan fingerprint density at radius 3 is 2.41 bits per heavy atom. The van der Waals surface area contributed by atoms with Crippen LogP contribution >= 0.6 is 0 Å². The molecule has 0 spiro atoms. The molecule has 0 bridgehead atoms. The zero-order chi connectivity index (χ0) is 19.3. The molecule has 0 radical (unpaired) electrons. The fraction of sp³-hybridized carbons (Fsp3) is 0.579. The second-order valence-corrected chi connectivity index (χ2v) is 7.78. The van der Waals surface area contributed by atoms with Crippen LogP contribution in [-0.4, -0.2) is 47.9 Å². The van der Waals surface area contributed by atoms with E-state index in [2.05, 4.69) is 10.6 Å². The molecule has 3 unspecified atom stereocenters. The lowest BCUT2D eigenvalue weighted by Crippen LogP contribution is -2.55. The number of nitrogens with zero attached hydrogens (tertiary/aromatic N) is 2. The molecule has 3 atom stereocenters. The molecule has 3 aliphatic heterocycles. The summed E-state index contributed by atoms with van der Waals surface area (Å²) in [6.07, 6.45) is 0.621. The monoisotopic (exact) mass is 378 g/mol. The van der Waals surface area contributed by atoms with Crippen LogP contribution in [0.5, 0.6) is 0 Å². The van der Waals surface area contributed by atoms with Crippen molar-refractivity contribution < 1.29 is 18.4 Å². The Balaban J connectivity index is 1.64. The molecular formula is C19H24F2N4O2. The summed E-state index contributed by atoms with van der Waals surface area (Å²) in [7, 11) is 0. The van der Waals surface area contributed by atoms with Gasteiger partial charge in [0.1, 0.15) is 5.82 Å².